The number of hydrogen-bond acceptors (Lipinski definition) is 5. The van der Waals surface area contributed by atoms with Gasteiger partial charge in [0, 0.05) is 43.9 Å². The third kappa shape index (κ3) is 5.50. The van der Waals surface area contributed by atoms with Crippen LogP contribution in [0.25, 0.3) is 11.0 Å². The molecule has 1 amide bonds. The van der Waals surface area contributed by atoms with Gasteiger partial charge in [0.15, 0.2) is 11.6 Å². The fraction of sp³-hybridized carbons (Fsp3) is 0.550. The molecule has 29 heavy (non-hydrogen) atoms. The van der Waals surface area contributed by atoms with Gasteiger partial charge in [-0.2, -0.15) is 0 Å². The number of fused-ring (bicyclic) bond motifs is 1. The Morgan fingerprint density at radius 2 is 1.86 bits per heavy atom. The lowest BCUT2D eigenvalue weighted by molar-refractivity contribution is 0.0464. The number of carbonyl (C=O) groups is 1. The summed E-state index contributed by atoms with van der Waals surface area (Å²) < 4.78 is 33.9. The minimum absolute atomic E-state index is 0.143. The van der Waals surface area contributed by atoms with Crippen LogP contribution in [0.5, 0.6) is 0 Å². The van der Waals surface area contributed by atoms with Gasteiger partial charge in [-0.3, -0.25) is 4.79 Å². The van der Waals surface area contributed by atoms with E-state index in [0.717, 1.165) is 18.3 Å². The molecule has 7 nitrogen and oxygen atoms in total. The standard InChI is InChI=1S/C20H26F2N4O3/c1-20(2,3)24-19(28)29-13-4-6-25(7-5-13)8-9-26-17-11-15(22)14(21)10-16(17)23-12-18(26)27/h10-13H,4-9H2,1-3H3,(H,24,28). The number of piperidine rings is 1. The first-order valence-corrected chi connectivity index (χ1v) is 9.68. The second kappa shape index (κ2) is 8.44. The number of benzene rings is 1. The first-order valence-electron chi connectivity index (χ1n) is 9.68. The van der Waals surface area contributed by atoms with Crippen LogP contribution in [0, 0.1) is 11.6 Å². The van der Waals surface area contributed by atoms with Crippen LogP contribution >= 0.6 is 0 Å². The Hall–Kier alpha value is -2.55. The predicted molar refractivity (Wildman–Crippen MR) is 105 cm³/mol. The van der Waals surface area contributed by atoms with Crippen molar-refractivity contribution in [3.63, 3.8) is 0 Å². The van der Waals surface area contributed by atoms with Crippen molar-refractivity contribution in [1.29, 1.82) is 0 Å². The molecule has 2 heterocycles. The van der Waals surface area contributed by atoms with Crippen molar-refractivity contribution in [2.75, 3.05) is 19.6 Å². The molecule has 0 unspecified atom stereocenters. The van der Waals surface area contributed by atoms with E-state index < -0.39 is 17.7 Å². The third-order valence-electron chi connectivity index (χ3n) is 4.81. The lowest BCUT2D eigenvalue weighted by atomic mass is 10.1. The van der Waals surface area contributed by atoms with Crippen LogP contribution in [-0.2, 0) is 11.3 Å². The first-order chi connectivity index (χ1) is 13.6. The van der Waals surface area contributed by atoms with E-state index in [4.69, 9.17) is 4.74 Å². The Morgan fingerprint density at radius 3 is 2.52 bits per heavy atom. The highest BCUT2D eigenvalue weighted by Gasteiger charge is 2.24. The Kier molecular flexibility index (Phi) is 6.16. The molecule has 1 aliphatic heterocycles. The van der Waals surface area contributed by atoms with Crippen LogP contribution in [0.1, 0.15) is 33.6 Å². The zero-order valence-electron chi connectivity index (χ0n) is 16.9. The largest absolute Gasteiger partial charge is 0.446 e. The smallest absolute Gasteiger partial charge is 0.407 e. The number of nitrogens with zero attached hydrogens (tertiary/aromatic N) is 3. The summed E-state index contributed by atoms with van der Waals surface area (Å²) in [6, 6.07) is 2.00. The van der Waals surface area contributed by atoms with E-state index in [-0.39, 0.29) is 28.2 Å². The molecule has 0 atom stereocenters. The number of carbonyl (C=O) groups excluding carboxylic acids is 1. The molecule has 1 aromatic carbocycles. The van der Waals surface area contributed by atoms with E-state index in [2.05, 4.69) is 15.2 Å². The van der Waals surface area contributed by atoms with Crippen molar-refractivity contribution in [1.82, 2.24) is 19.8 Å². The van der Waals surface area contributed by atoms with Gasteiger partial charge in [0.2, 0.25) is 0 Å². The number of aromatic nitrogens is 2. The molecule has 158 valence electrons. The van der Waals surface area contributed by atoms with Gasteiger partial charge < -0.3 is 19.5 Å². The highest BCUT2D eigenvalue weighted by atomic mass is 19.2. The summed E-state index contributed by atoms with van der Waals surface area (Å²) in [6.45, 7) is 8.01. The first kappa shape index (κ1) is 21.2. The minimum Gasteiger partial charge on any atom is -0.446 e. The van der Waals surface area contributed by atoms with Crippen molar-refractivity contribution in [2.24, 2.45) is 0 Å². The van der Waals surface area contributed by atoms with Crippen molar-refractivity contribution in [3.8, 4) is 0 Å². The monoisotopic (exact) mass is 408 g/mol. The van der Waals surface area contributed by atoms with Gasteiger partial charge in [-0.05, 0) is 33.6 Å². The van der Waals surface area contributed by atoms with Gasteiger partial charge >= 0.3 is 6.09 Å². The van der Waals surface area contributed by atoms with Crippen LogP contribution in [0.2, 0.25) is 0 Å². The maximum atomic E-state index is 13.6. The summed E-state index contributed by atoms with van der Waals surface area (Å²) in [6.07, 6.45) is 1.95. The second-order valence-corrected chi connectivity index (χ2v) is 8.32. The molecule has 1 fully saturated rings. The number of alkyl carbamates (subject to hydrolysis) is 1. The normalized spacial score (nSPS) is 16.2. The molecular weight excluding hydrogens is 382 g/mol. The van der Waals surface area contributed by atoms with Gasteiger partial charge in [-0.25, -0.2) is 18.6 Å². The number of halogens is 2. The molecule has 0 radical (unpaired) electrons. The number of hydrogen-bond donors (Lipinski definition) is 1. The van der Waals surface area contributed by atoms with E-state index in [1.165, 1.54) is 4.57 Å². The maximum Gasteiger partial charge on any atom is 0.407 e. The van der Waals surface area contributed by atoms with Crippen LogP contribution in [0.15, 0.2) is 23.1 Å². The molecule has 0 saturated carbocycles. The van der Waals surface area contributed by atoms with Crippen molar-refractivity contribution in [2.45, 2.75) is 51.8 Å². The lowest BCUT2D eigenvalue weighted by Crippen LogP contribution is -2.45. The summed E-state index contributed by atoms with van der Waals surface area (Å²) >= 11 is 0. The highest BCUT2D eigenvalue weighted by Crippen LogP contribution is 2.17. The van der Waals surface area contributed by atoms with Crippen LogP contribution in [0.4, 0.5) is 13.6 Å². The topological polar surface area (TPSA) is 76.5 Å². The van der Waals surface area contributed by atoms with Gasteiger partial charge in [-0.15, -0.1) is 0 Å². The number of amides is 1. The van der Waals surface area contributed by atoms with Gasteiger partial charge in [-0.1, -0.05) is 0 Å². The molecule has 0 bridgehead atoms. The average molecular weight is 408 g/mol. The summed E-state index contributed by atoms with van der Waals surface area (Å²) in [5.41, 5.74) is -0.199. The second-order valence-electron chi connectivity index (χ2n) is 8.32. The molecule has 2 aromatic rings. The van der Waals surface area contributed by atoms with Crippen molar-refractivity contribution in [3.05, 3.63) is 40.3 Å². The summed E-state index contributed by atoms with van der Waals surface area (Å²) in [5, 5.41) is 2.78. The minimum atomic E-state index is -1.01. The van der Waals surface area contributed by atoms with E-state index in [1.807, 2.05) is 20.8 Å². The van der Waals surface area contributed by atoms with Crippen LogP contribution in [-0.4, -0.2) is 51.8 Å². The molecule has 3 rings (SSSR count). The Balaban J connectivity index is 1.57. The van der Waals surface area contributed by atoms with Crippen LogP contribution < -0.4 is 10.9 Å². The van der Waals surface area contributed by atoms with Gasteiger partial charge in [0.05, 0.1) is 17.2 Å². The molecule has 1 N–H and O–H groups in total. The zero-order valence-corrected chi connectivity index (χ0v) is 16.9. The maximum absolute atomic E-state index is 13.6. The third-order valence-corrected chi connectivity index (χ3v) is 4.81. The molecular formula is C20H26F2N4O3. The SMILES string of the molecule is CC(C)(C)NC(=O)OC1CCN(CCn2c(=O)cnc3cc(F)c(F)cc32)CC1. The van der Waals surface area contributed by atoms with Gasteiger partial charge in [0.1, 0.15) is 6.10 Å². The van der Waals surface area contributed by atoms with Crippen LogP contribution in [0.3, 0.4) is 0 Å². The summed E-state index contributed by atoms with van der Waals surface area (Å²) in [4.78, 5) is 30.1. The van der Waals surface area contributed by atoms with E-state index in [0.29, 0.717) is 39.0 Å². The Bertz CT molecular complexity index is 947. The molecule has 9 heteroatoms. The number of rotatable bonds is 4. The zero-order chi connectivity index (χ0) is 21.2. The molecule has 1 aromatic heterocycles. The number of nitrogens with one attached hydrogen (secondary N) is 1. The average Bonchev–Trinajstić information content (AvgIpc) is 2.62. The van der Waals surface area contributed by atoms with Crippen molar-refractivity contribution >= 4 is 17.1 Å². The van der Waals surface area contributed by atoms with E-state index >= 15 is 0 Å². The number of likely N-dealkylation sites (tertiary alicyclic amines) is 1. The molecule has 1 saturated heterocycles. The Labute approximate surface area is 167 Å². The number of ether oxygens (including phenoxy) is 1. The quantitative estimate of drug-likeness (QED) is 0.842. The van der Waals surface area contributed by atoms with E-state index in [1.54, 1.807) is 0 Å². The predicted octanol–water partition coefficient (Wildman–Crippen LogP) is 2.66. The van der Waals surface area contributed by atoms with Crippen molar-refractivity contribution < 1.29 is 18.3 Å². The summed E-state index contributed by atoms with van der Waals surface area (Å²) in [5.74, 6) is -2.00. The molecule has 0 aliphatic carbocycles. The lowest BCUT2D eigenvalue weighted by Gasteiger charge is -2.32. The molecule has 1 aliphatic rings. The van der Waals surface area contributed by atoms with E-state index in [9.17, 15) is 18.4 Å². The molecule has 0 spiro atoms. The fourth-order valence-corrected chi connectivity index (χ4v) is 3.37. The fourth-order valence-electron chi connectivity index (χ4n) is 3.37. The van der Waals surface area contributed by atoms with Gasteiger partial charge in [0.25, 0.3) is 5.56 Å². The highest BCUT2D eigenvalue weighted by molar-refractivity contribution is 5.74. The Morgan fingerprint density at radius 1 is 1.21 bits per heavy atom. The summed E-state index contributed by atoms with van der Waals surface area (Å²) in [7, 11) is 0.